The van der Waals surface area contributed by atoms with Crippen LogP contribution in [0.1, 0.15) is 24.1 Å². The van der Waals surface area contributed by atoms with Gasteiger partial charge in [0.2, 0.25) is 0 Å². The van der Waals surface area contributed by atoms with E-state index in [0.717, 1.165) is 0 Å². The quantitative estimate of drug-likeness (QED) is 0.746. The Balaban J connectivity index is 2.14. The highest BCUT2D eigenvalue weighted by Crippen LogP contribution is 2.39. The third-order valence-corrected chi connectivity index (χ3v) is 4.66. The number of carbonyl (C=O) groups excluding carboxylic acids is 2. The molecule has 2 N–H and O–H groups in total. The van der Waals surface area contributed by atoms with Crippen molar-refractivity contribution in [3.05, 3.63) is 58.6 Å². The van der Waals surface area contributed by atoms with Gasteiger partial charge in [0.1, 0.15) is 5.92 Å². The first-order valence-corrected chi connectivity index (χ1v) is 9.01. The summed E-state index contributed by atoms with van der Waals surface area (Å²) < 4.78 is 10.4. The number of esters is 1. The molecule has 0 aromatic heterocycles. The molecule has 0 saturated heterocycles. The molecule has 1 heterocycles. The molecule has 2 atom stereocenters. The molecule has 2 aromatic rings. The smallest absolute Gasteiger partial charge is 0.341 e. The number of ether oxygens (including phenoxy) is 2. The van der Waals surface area contributed by atoms with Gasteiger partial charge in [-0.2, -0.15) is 4.99 Å². The van der Waals surface area contributed by atoms with Crippen molar-refractivity contribution in [3.8, 4) is 11.5 Å². The van der Waals surface area contributed by atoms with Crippen LogP contribution in [-0.2, 0) is 9.53 Å². The van der Waals surface area contributed by atoms with Gasteiger partial charge in [-0.05, 0) is 30.2 Å². The van der Waals surface area contributed by atoms with Crippen molar-refractivity contribution in [2.75, 3.05) is 13.7 Å². The zero-order chi connectivity index (χ0) is 20.3. The highest BCUT2D eigenvalue weighted by Gasteiger charge is 2.41. The number of amides is 2. The van der Waals surface area contributed by atoms with Crippen molar-refractivity contribution in [3.63, 3.8) is 0 Å². The van der Waals surface area contributed by atoms with Crippen LogP contribution in [0.3, 0.4) is 0 Å². The lowest BCUT2D eigenvalue weighted by molar-refractivity contribution is -0.146. The van der Waals surface area contributed by atoms with E-state index in [2.05, 4.69) is 10.3 Å². The number of aromatic hydroxyl groups is 1. The van der Waals surface area contributed by atoms with Crippen molar-refractivity contribution >= 4 is 29.3 Å². The number of nitrogens with one attached hydrogen (secondary N) is 1. The van der Waals surface area contributed by atoms with Crippen LogP contribution in [0.5, 0.6) is 11.5 Å². The van der Waals surface area contributed by atoms with Crippen LogP contribution >= 0.6 is 11.6 Å². The Labute approximate surface area is 166 Å². The zero-order valence-corrected chi connectivity index (χ0v) is 16.1. The second-order valence-corrected chi connectivity index (χ2v) is 6.48. The van der Waals surface area contributed by atoms with E-state index < -0.39 is 24.0 Å². The summed E-state index contributed by atoms with van der Waals surface area (Å²) in [4.78, 5) is 29.2. The predicted octanol–water partition coefficient (Wildman–Crippen LogP) is 3.49. The molecule has 0 spiro atoms. The van der Waals surface area contributed by atoms with E-state index in [9.17, 15) is 14.7 Å². The molecule has 28 heavy (non-hydrogen) atoms. The Morgan fingerprint density at radius 2 is 2.00 bits per heavy atom. The predicted molar refractivity (Wildman–Crippen MR) is 104 cm³/mol. The molecule has 1 aliphatic rings. The van der Waals surface area contributed by atoms with E-state index in [1.54, 1.807) is 31.2 Å². The summed E-state index contributed by atoms with van der Waals surface area (Å²) in [7, 11) is 1.38. The summed E-state index contributed by atoms with van der Waals surface area (Å²) in [6.45, 7) is 1.88. The zero-order valence-electron chi connectivity index (χ0n) is 15.3. The van der Waals surface area contributed by atoms with Gasteiger partial charge in [0.05, 0.1) is 30.5 Å². The molecule has 1 aliphatic heterocycles. The lowest BCUT2D eigenvalue weighted by atomic mass is 9.84. The maximum absolute atomic E-state index is 12.8. The second-order valence-electron chi connectivity index (χ2n) is 6.07. The van der Waals surface area contributed by atoms with Gasteiger partial charge < -0.3 is 19.9 Å². The average Bonchev–Trinajstić information content (AvgIpc) is 2.70. The lowest BCUT2D eigenvalue weighted by Crippen LogP contribution is -2.45. The number of benzene rings is 2. The van der Waals surface area contributed by atoms with Crippen molar-refractivity contribution in [1.82, 2.24) is 5.32 Å². The standard InChI is InChI=1S/C20H19ClN2O5/c1-3-28-19(25)15-16(11-7-5-4-6-8-11)22-20(26)23-17(15)12-9-13(21)18(24)14(10-12)27-2/h4-10,15,17,24H,3H2,1-2H3,(H,23,26). The number of rotatable bonds is 5. The molecule has 0 radical (unpaired) electrons. The number of halogens is 1. The molecule has 2 aromatic carbocycles. The van der Waals surface area contributed by atoms with Gasteiger partial charge in [-0.15, -0.1) is 0 Å². The van der Waals surface area contributed by atoms with Gasteiger partial charge in [0, 0.05) is 0 Å². The maximum atomic E-state index is 12.8. The Morgan fingerprint density at radius 3 is 2.64 bits per heavy atom. The number of carbonyl (C=O) groups is 2. The van der Waals surface area contributed by atoms with Crippen LogP contribution in [0.4, 0.5) is 4.79 Å². The van der Waals surface area contributed by atoms with Crippen molar-refractivity contribution in [1.29, 1.82) is 0 Å². The minimum Gasteiger partial charge on any atom is -0.503 e. The molecule has 8 heteroatoms. The SMILES string of the molecule is CCOC(=O)C1C(c2ccccc2)=NC(=O)NC1c1cc(Cl)c(O)c(OC)c1. The fourth-order valence-corrected chi connectivity index (χ4v) is 3.34. The summed E-state index contributed by atoms with van der Waals surface area (Å²) in [6.07, 6.45) is 0. The molecule has 0 aliphatic carbocycles. The fourth-order valence-electron chi connectivity index (χ4n) is 3.12. The van der Waals surface area contributed by atoms with E-state index in [0.29, 0.717) is 16.8 Å². The molecule has 0 fully saturated rings. The monoisotopic (exact) mass is 402 g/mol. The van der Waals surface area contributed by atoms with Gasteiger partial charge in [0.25, 0.3) is 0 Å². The molecule has 7 nitrogen and oxygen atoms in total. The van der Waals surface area contributed by atoms with E-state index in [-0.39, 0.29) is 23.1 Å². The van der Waals surface area contributed by atoms with Crippen LogP contribution in [0.25, 0.3) is 0 Å². The topological polar surface area (TPSA) is 97.2 Å². The first kappa shape index (κ1) is 19.7. The summed E-state index contributed by atoms with van der Waals surface area (Å²) in [6, 6.07) is 10.6. The number of hydrogen-bond donors (Lipinski definition) is 2. The van der Waals surface area contributed by atoms with Crippen LogP contribution in [0, 0.1) is 5.92 Å². The molecule has 3 rings (SSSR count). The Morgan fingerprint density at radius 1 is 1.29 bits per heavy atom. The van der Waals surface area contributed by atoms with Crippen LogP contribution in [0.15, 0.2) is 47.5 Å². The number of phenols is 1. The molecule has 2 amide bonds. The first-order chi connectivity index (χ1) is 13.5. The number of hydrogen-bond acceptors (Lipinski definition) is 5. The van der Waals surface area contributed by atoms with E-state index >= 15 is 0 Å². The first-order valence-electron chi connectivity index (χ1n) is 8.63. The fraction of sp³-hybridized carbons (Fsp3) is 0.250. The van der Waals surface area contributed by atoms with Gasteiger partial charge in [-0.25, -0.2) is 4.79 Å². The van der Waals surface area contributed by atoms with Gasteiger partial charge >= 0.3 is 12.0 Å². The molecular formula is C20H19ClN2O5. The van der Waals surface area contributed by atoms with Gasteiger partial charge in [-0.1, -0.05) is 41.9 Å². The van der Waals surface area contributed by atoms with Crippen LogP contribution < -0.4 is 10.1 Å². The molecule has 0 bridgehead atoms. The highest BCUT2D eigenvalue weighted by molar-refractivity contribution is 6.32. The number of urea groups is 1. The van der Waals surface area contributed by atoms with Crippen molar-refractivity contribution in [2.45, 2.75) is 13.0 Å². The maximum Gasteiger partial charge on any atom is 0.341 e. The van der Waals surface area contributed by atoms with E-state index in [4.69, 9.17) is 21.1 Å². The van der Waals surface area contributed by atoms with E-state index in [1.165, 1.54) is 19.2 Å². The minimum absolute atomic E-state index is 0.0370. The van der Waals surface area contributed by atoms with Crippen LogP contribution in [-0.4, -0.2) is 36.5 Å². The Bertz CT molecular complexity index is 930. The third-order valence-electron chi connectivity index (χ3n) is 4.37. The minimum atomic E-state index is -0.898. The van der Waals surface area contributed by atoms with Gasteiger partial charge in [0.15, 0.2) is 11.5 Å². The summed E-state index contributed by atoms with van der Waals surface area (Å²) in [5.74, 6) is -1.52. The normalized spacial score (nSPS) is 18.8. The number of aliphatic imine (C=N–C) groups is 1. The van der Waals surface area contributed by atoms with Crippen molar-refractivity contribution in [2.24, 2.45) is 10.9 Å². The number of phenolic OH excluding ortho intramolecular Hbond substituents is 1. The van der Waals surface area contributed by atoms with Gasteiger partial charge in [-0.3, -0.25) is 4.79 Å². The highest BCUT2D eigenvalue weighted by atomic mass is 35.5. The molecular weight excluding hydrogens is 384 g/mol. The Kier molecular flexibility index (Phi) is 5.84. The number of methoxy groups -OCH3 is 1. The molecule has 146 valence electrons. The lowest BCUT2D eigenvalue weighted by Gasteiger charge is -2.31. The van der Waals surface area contributed by atoms with E-state index in [1.807, 2.05) is 6.07 Å². The summed E-state index contributed by atoms with van der Waals surface area (Å²) >= 11 is 6.11. The molecule has 0 saturated carbocycles. The second kappa shape index (κ2) is 8.31. The largest absolute Gasteiger partial charge is 0.503 e. The Hall–Kier alpha value is -3.06. The van der Waals surface area contributed by atoms with Crippen LogP contribution in [0.2, 0.25) is 5.02 Å². The molecule has 2 unspecified atom stereocenters. The third kappa shape index (κ3) is 3.80. The number of nitrogens with zero attached hydrogens (tertiary/aromatic N) is 1. The average molecular weight is 403 g/mol. The summed E-state index contributed by atoms with van der Waals surface area (Å²) in [5.41, 5.74) is 1.42. The van der Waals surface area contributed by atoms with Crippen molar-refractivity contribution < 1.29 is 24.2 Å². The summed E-state index contributed by atoms with van der Waals surface area (Å²) in [5, 5.41) is 12.7.